The van der Waals surface area contributed by atoms with Crippen LogP contribution in [0.2, 0.25) is 0 Å². The fourth-order valence-electron chi connectivity index (χ4n) is 8.35. The monoisotopic (exact) mass is 667 g/mol. The van der Waals surface area contributed by atoms with Crippen molar-refractivity contribution in [2.75, 3.05) is 0 Å². The van der Waals surface area contributed by atoms with Gasteiger partial charge in [0.15, 0.2) is 0 Å². The quantitative estimate of drug-likeness (QED) is 0.156. The summed E-state index contributed by atoms with van der Waals surface area (Å²) in [7, 11) is 0. The molecule has 10 rings (SSSR count). The molecule has 0 radical (unpaired) electrons. The van der Waals surface area contributed by atoms with E-state index in [1.807, 2.05) is 11.3 Å². The van der Waals surface area contributed by atoms with Crippen molar-refractivity contribution in [2.45, 2.75) is 5.41 Å². The molecule has 2 heteroatoms. The largest absolute Gasteiger partial charge is 0.309 e. The third-order valence-electron chi connectivity index (χ3n) is 10.5. The highest BCUT2D eigenvalue weighted by Crippen LogP contribution is 2.48. The van der Waals surface area contributed by atoms with Crippen LogP contribution in [0.15, 0.2) is 200 Å². The van der Waals surface area contributed by atoms with Gasteiger partial charge in [0.1, 0.15) is 0 Å². The molecule has 0 atom stereocenters. The summed E-state index contributed by atoms with van der Waals surface area (Å²) in [6.07, 6.45) is 0. The Labute approximate surface area is 301 Å². The fourth-order valence-corrected chi connectivity index (χ4v) is 9.59. The zero-order valence-electron chi connectivity index (χ0n) is 27.9. The molecule has 0 aliphatic rings. The Kier molecular flexibility index (Phi) is 6.97. The first-order valence-electron chi connectivity index (χ1n) is 17.5. The van der Waals surface area contributed by atoms with Crippen LogP contribution >= 0.6 is 11.3 Å². The summed E-state index contributed by atoms with van der Waals surface area (Å²) in [5.41, 5.74) is 10.4. The normalized spacial score (nSPS) is 11.9. The number of hydrogen-bond donors (Lipinski definition) is 0. The summed E-state index contributed by atoms with van der Waals surface area (Å²) in [5, 5.41) is 5.16. The predicted molar refractivity (Wildman–Crippen MR) is 217 cm³/mol. The van der Waals surface area contributed by atoms with Gasteiger partial charge in [0.2, 0.25) is 0 Å². The van der Waals surface area contributed by atoms with Gasteiger partial charge in [-0.2, -0.15) is 0 Å². The molecule has 8 aromatic carbocycles. The molecular weight excluding hydrogens is 635 g/mol. The van der Waals surface area contributed by atoms with Crippen LogP contribution in [-0.4, -0.2) is 4.57 Å². The van der Waals surface area contributed by atoms with E-state index in [1.54, 1.807) is 0 Å². The van der Waals surface area contributed by atoms with Crippen LogP contribution in [0.25, 0.3) is 58.8 Å². The van der Waals surface area contributed by atoms with Gasteiger partial charge < -0.3 is 4.57 Å². The molecule has 0 aliphatic heterocycles. The molecule has 0 N–H and O–H groups in total. The SMILES string of the molecule is c1ccc(C(c2ccccc2)(c2cccc(-c3cccc4c3sc3ccccc34)c2)c2cccc(-n3c4ccccc4c4ccccc43)c2)cc1. The van der Waals surface area contributed by atoms with E-state index in [-0.39, 0.29) is 0 Å². The van der Waals surface area contributed by atoms with Gasteiger partial charge in [-0.05, 0) is 69.8 Å². The first-order valence-corrected chi connectivity index (χ1v) is 18.3. The summed E-state index contributed by atoms with van der Waals surface area (Å²) < 4.78 is 5.07. The lowest BCUT2D eigenvalue weighted by Gasteiger charge is -2.37. The second-order valence-electron chi connectivity index (χ2n) is 13.3. The second kappa shape index (κ2) is 12.0. The van der Waals surface area contributed by atoms with Crippen LogP contribution in [0.3, 0.4) is 0 Å². The Balaban J connectivity index is 1.26. The lowest BCUT2D eigenvalue weighted by Crippen LogP contribution is -2.31. The van der Waals surface area contributed by atoms with E-state index in [4.69, 9.17) is 0 Å². The van der Waals surface area contributed by atoms with Crippen LogP contribution in [0, 0.1) is 0 Å². The molecule has 0 unspecified atom stereocenters. The van der Waals surface area contributed by atoms with Crippen LogP contribution < -0.4 is 0 Å². The maximum Gasteiger partial charge on any atom is 0.0702 e. The van der Waals surface area contributed by atoms with E-state index in [1.165, 1.54) is 75.4 Å². The van der Waals surface area contributed by atoms with E-state index in [2.05, 4.69) is 205 Å². The number of rotatable bonds is 6. The van der Waals surface area contributed by atoms with Gasteiger partial charge in [-0.15, -0.1) is 11.3 Å². The van der Waals surface area contributed by atoms with Crippen LogP contribution in [0.4, 0.5) is 0 Å². The number of thiophene rings is 1. The van der Waals surface area contributed by atoms with Crippen molar-refractivity contribution in [3.05, 3.63) is 222 Å². The van der Waals surface area contributed by atoms with Gasteiger partial charge >= 0.3 is 0 Å². The van der Waals surface area contributed by atoms with E-state index in [0.29, 0.717) is 0 Å². The van der Waals surface area contributed by atoms with Gasteiger partial charge in [-0.3, -0.25) is 0 Å². The molecule has 2 heterocycles. The van der Waals surface area contributed by atoms with Crippen molar-refractivity contribution in [1.82, 2.24) is 4.57 Å². The average Bonchev–Trinajstić information content (AvgIpc) is 3.76. The van der Waals surface area contributed by atoms with Crippen molar-refractivity contribution in [3.63, 3.8) is 0 Å². The minimum absolute atomic E-state index is 0.596. The smallest absolute Gasteiger partial charge is 0.0702 e. The van der Waals surface area contributed by atoms with Gasteiger partial charge in [0, 0.05) is 36.6 Å². The predicted octanol–water partition coefficient (Wildman–Crippen LogP) is 13.2. The molecule has 0 spiro atoms. The minimum Gasteiger partial charge on any atom is -0.309 e. The maximum absolute atomic E-state index is 2.44. The molecule has 10 aromatic rings. The lowest BCUT2D eigenvalue weighted by molar-refractivity contribution is 0.744. The van der Waals surface area contributed by atoms with Crippen molar-refractivity contribution in [1.29, 1.82) is 0 Å². The van der Waals surface area contributed by atoms with Gasteiger partial charge in [-0.1, -0.05) is 164 Å². The molecule has 0 aliphatic carbocycles. The molecule has 51 heavy (non-hydrogen) atoms. The highest BCUT2D eigenvalue weighted by atomic mass is 32.1. The van der Waals surface area contributed by atoms with Crippen LogP contribution in [0.1, 0.15) is 22.3 Å². The molecule has 0 fully saturated rings. The van der Waals surface area contributed by atoms with Gasteiger partial charge in [0.25, 0.3) is 0 Å². The molecule has 0 amide bonds. The summed E-state index contributed by atoms with van der Waals surface area (Å²) in [4.78, 5) is 0. The van der Waals surface area contributed by atoms with Crippen molar-refractivity contribution in [2.24, 2.45) is 0 Å². The molecule has 0 bridgehead atoms. The van der Waals surface area contributed by atoms with E-state index < -0.39 is 5.41 Å². The number of para-hydroxylation sites is 2. The Hall–Kier alpha value is -6.22. The molecule has 1 nitrogen and oxygen atoms in total. The molecule has 240 valence electrons. The van der Waals surface area contributed by atoms with Gasteiger partial charge in [-0.25, -0.2) is 0 Å². The Morgan fingerprint density at radius 3 is 1.57 bits per heavy atom. The summed E-state index contributed by atoms with van der Waals surface area (Å²) in [6, 6.07) is 73.6. The van der Waals surface area contributed by atoms with E-state index >= 15 is 0 Å². The highest BCUT2D eigenvalue weighted by Gasteiger charge is 2.39. The molecule has 0 saturated carbocycles. The molecular formula is C49H33NS. The number of aromatic nitrogens is 1. The average molecular weight is 668 g/mol. The minimum atomic E-state index is -0.596. The fraction of sp³-hybridized carbons (Fsp3) is 0.0204. The molecule has 0 saturated heterocycles. The summed E-state index contributed by atoms with van der Waals surface area (Å²) in [6.45, 7) is 0. The zero-order valence-corrected chi connectivity index (χ0v) is 28.7. The lowest BCUT2D eigenvalue weighted by atomic mass is 9.65. The third kappa shape index (κ3) is 4.61. The molecule has 2 aromatic heterocycles. The first kappa shape index (κ1) is 29.7. The number of fused-ring (bicyclic) bond motifs is 6. The van der Waals surface area contributed by atoms with Crippen molar-refractivity contribution >= 4 is 53.3 Å². The van der Waals surface area contributed by atoms with Crippen molar-refractivity contribution < 1.29 is 0 Å². The Morgan fingerprint density at radius 1 is 0.373 bits per heavy atom. The van der Waals surface area contributed by atoms with Crippen LogP contribution in [0.5, 0.6) is 0 Å². The van der Waals surface area contributed by atoms with E-state index in [9.17, 15) is 0 Å². The third-order valence-corrected chi connectivity index (χ3v) is 11.8. The van der Waals surface area contributed by atoms with Crippen molar-refractivity contribution in [3.8, 4) is 16.8 Å². The highest BCUT2D eigenvalue weighted by molar-refractivity contribution is 7.26. The maximum atomic E-state index is 2.44. The number of nitrogens with zero attached hydrogens (tertiary/aromatic N) is 1. The number of hydrogen-bond acceptors (Lipinski definition) is 1. The summed E-state index contributed by atoms with van der Waals surface area (Å²) in [5.74, 6) is 0. The summed E-state index contributed by atoms with van der Waals surface area (Å²) >= 11 is 1.89. The van der Waals surface area contributed by atoms with Crippen LogP contribution in [-0.2, 0) is 5.41 Å². The first-order chi connectivity index (χ1) is 25.3. The second-order valence-corrected chi connectivity index (χ2v) is 14.3. The standard InChI is InChI=1S/C49H33NS/c1-3-17-35(18-4-1)49(36-19-5-2-6-20-36,37-21-13-16-34(32-37)40-27-15-28-44-43-26-9-12-31-47(43)51-48(40)44)38-22-14-23-39(33-38)50-45-29-10-7-24-41(45)42-25-8-11-30-46(42)50/h1-33H. The van der Waals surface area contributed by atoms with Gasteiger partial charge in [0.05, 0.1) is 16.4 Å². The topological polar surface area (TPSA) is 4.93 Å². The Bertz CT molecular complexity index is 2770. The zero-order chi connectivity index (χ0) is 33.8. The van der Waals surface area contributed by atoms with E-state index in [0.717, 1.165) is 5.69 Å². The Morgan fingerprint density at radius 2 is 0.882 bits per heavy atom. The number of benzene rings is 8.